The maximum atomic E-state index is 13.4. The zero-order valence-electron chi connectivity index (χ0n) is 18.7. The third kappa shape index (κ3) is 3.65. The number of allylic oxidation sites excluding steroid dienone is 1. The molecular formula is C24H24N2O6S. The van der Waals surface area contributed by atoms with Crippen LogP contribution in [0.5, 0.6) is 23.0 Å². The molecule has 0 unspecified atom stereocenters. The zero-order chi connectivity index (χ0) is 23.8. The van der Waals surface area contributed by atoms with E-state index in [1.165, 1.54) is 38.0 Å². The van der Waals surface area contributed by atoms with Crippen LogP contribution in [-0.2, 0) is 10.5 Å². The maximum Gasteiger partial charge on any atom is 0.231 e. The summed E-state index contributed by atoms with van der Waals surface area (Å²) in [7, 11) is 6.10. The maximum absolute atomic E-state index is 13.4. The molecule has 0 bridgehead atoms. The number of methoxy groups -OCH3 is 4. The standard InChI is InChI=1S/C24H24N2O6S/c1-29-16-7-5-15(6-8-16)24(28)13-33-23-18(12-25)17(11-21(27)26(23)24)14-9-19(30-2)22(32-4)20(10-14)31-3/h5-10,17,28H,11,13H2,1-4H3/t17-,24-/m0/s1. The van der Waals surface area contributed by atoms with Crippen LogP contribution in [0.25, 0.3) is 0 Å². The summed E-state index contributed by atoms with van der Waals surface area (Å²) >= 11 is 1.29. The molecule has 2 atom stereocenters. The largest absolute Gasteiger partial charge is 0.497 e. The minimum atomic E-state index is -1.55. The molecule has 2 heterocycles. The lowest BCUT2D eigenvalue weighted by Gasteiger charge is -2.38. The molecule has 0 spiro atoms. The van der Waals surface area contributed by atoms with Gasteiger partial charge in [-0.25, -0.2) is 0 Å². The molecule has 4 rings (SSSR count). The van der Waals surface area contributed by atoms with Gasteiger partial charge in [0.25, 0.3) is 0 Å². The fourth-order valence-electron chi connectivity index (χ4n) is 4.28. The van der Waals surface area contributed by atoms with E-state index in [0.29, 0.717) is 44.7 Å². The van der Waals surface area contributed by atoms with Gasteiger partial charge in [0.2, 0.25) is 11.7 Å². The second-order valence-electron chi connectivity index (χ2n) is 7.61. The average molecular weight is 469 g/mol. The highest BCUT2D eigenvalue weighted by Crippen LogP contribution is 2.53. The fourth-order valence-corrected chi connectivity index (χ4v) is 5.64. The number of carbonyl (C=O) groups excluding carboxylic acids is 1. The van der Waals surface area contributed by atoms with Gasteiger partial charge in [-0.15, -0.1) is 11.8 Å². The van der Waals surface area contributed by atoms with E-state index >= 15 is 0 Å². The molecule has 0 saturated carbocycles. The van der Waals surface area contributed by atoms with Crippen LogP contribution < -0.4 is 18.9 Å². The number of nitriles is 1. The molecule has 8 nitrogen and oxygen atoms in total. The number of nitrogens with zero attached hydrogens (tertiary/aromatic N) is 2. The highest BCUT2D eigenvalue weighted by atomic mass is 32.2. The van der Waals surface area contributed by atoms with Crippen LogP contribution in [0.3, 0.4) is 0 Å². The van der Waals surface area contributed by atoms with Crippen LogP contribution >= 0.6 is 11.8 Å². The predicted molar refractivity (Wildman–Crippen MR) is 122 cm³/mol. The van der Waals surface area contributed by atoms with E-state index in [9.17, 15) is 15.2 Å². The second kappa shape index (κ2) is 8.89. The van der Waals surface area contributed by atoms with Crippen LogP contribution in [0, 0.1) is 11.3 Å². The first kappa shape index (κ1) is 22.8. The van der Waals surface area contributed by atoms with Gasteiger partial charge < -0.3 is 24.1 Å². The topological polar surface area (TPSA) is 101 Å². The Balaban J connectivity index is 1.80. The van der Waals surface area contributed by atoms with E-state index in [-0.39, 0.29) is 18.1 Å². The second-order valence-corrected chi connectivity index (χ2v) is 8.57. The number of hydrogen-bond acceptors (Lipinski definition) is 8. The number of thioether (sulfide) groups is 1. The molecular weight excluding hydrogens is 444 g/mol. The summed E-state index contributed by atoms with van der Waals surface area (Å²) in [6.07, 6.45) is 0.0179. The number of aliphatic hydroxyl groups is 1. The van der Waals surface area contributed by atoms with Crippen molar-refractivity contribution in [3.63, 3.8) is 0 Å². The highest BCUT2D eigenvalue weighted by Gasteiger charge is 2.52. The molecule has 0 aliphatic carbocycles. The lowest BCUT2D eigenvalue weighted by atomic mass is 9.85. The van der Waals surface area contributed by atoms with E-state index in [4.69, 9.17) is 18.9 Å². The molecule has 2 aromatic rings. The smallest absolute Gasteiger partial charge is 0.231 e. The summed E-state index contributed by atoms with van der Waals surface area (Å²) in [5, 5.41) is 22.1. The van der Waals surface area contributed by atoms with E-state index in [1.54, 1.807) is 43.5 Å². The summed E-state index contributed by atoms with van der Waals surface area (Å²) in [4.78, 5) is 14.7. The van der Waals surface area contributed by atoms with E-state index < -0.39 is 11.6 Å². The molecule has 1 N–H and O–H groups in total. The van der Waals surface area contributed by atoms with Crippen molar-refractivity contribution < 1.29 is 28.8 Å². The third-order valence-corrected chi connectivity index (χ3v) is 7.18. The Labute approximate surface area is 196 Å². The van der Waals surface area contributed by atoms with Crippen molar-refractivity contribution in [3.8, 4) is 29.1 Å². The van der Waals surface area contributed by atoms with Crippen molar-refractivity contribution in [2.24, 2.45) is 0 Å². The van der Waals surface area contributed by atoms with Crippen molar-refractivity contribution in [2.45, 2.75) is 18.1 Å². The highest BCUT2D eigenvalue weighted by molar-refractivity contribution is 8.03. The summed E-state index contributed by atoms with van der Waals surface area (Å²) in [5.41, 5.74) is 0.120. The Morgan fingerprint density at radius 3 is 2.21 bits per heavy atom. The molecule has 1 saturated heterocycles. The molecule has 0 aromatic heterocycles. The SMILES string of the molecule is COc1ccc([C@@]2(O)CSC3=C(C#N)[C@H](c4cc(OC)c(OC)c(OC)c4)CC(=O)N32)cc1. The molecule has 2 aliphatic heterocycles. The lowest BCUT2D eigenvalue weighted by molar-refractivity contribution is -0.149. The molecule has 33 heavy (non-hydrogen) atoms. The van der Waals surface area contributed by atoms with Gasteiger partial charge in [0.05, 0.1) is 50.9 Å². The minimum Gasteiger partial charge on any atom is -0.497 e. The first-order valence-electron chi connectivity index (χ1n) is 10.2. The molecule has 2 aromatic carbocycles. The first-order chi connectivity index (χ1) is 15.9. The van der Waals surface area contributed by atoms with Gasteiger partial charge in [0.1, 0.15) is 5.75 Å². The van der Waals surface area contributed by atoms with Crippen molar-refractivity contribution >= 4 is 17.7 Å². The number of amides is 1. The van der Waals surface area contributed by atoms with Crippen LogP contribution in [-0.4, -0.2) is 50.1 Å². The monoisotopic (exact) mass is 468 g/mol. The molecule has 9 heteroatoms. The molecule has 0 radical (unpaired) electrons. The summed E-state index contributed by atoms with van der Waals surface area (Å²) < 4.78 is 21.5. The quantitative estimate of drug-likeness (QED) is 0.689. The summed E-state index contributed by atoms with van der Waals surface area (Å²) in [6.45, 7) is 0. The van der Waals surface area contributed by atoms with E-state index in [2.05, 4.69) is 6.07 Å². The van der Waals surface area contributed by atoms with Crippen molar-refractivity contribution in [1.82, 2.24) is 4.90 Å². The third-order valence-electron chi connectivity index (χ3n) is 5.95. The molecule has 172 valence electrons. The van der Waals surface area contributed by atoms with Crippen LogP contribution in [0.15, 0.2) is 47.0 Å². The van der Waals surface area contributed by atoms with Gasteiger partial charge in [0, 0.05) is 17.9 Å². The normalized spacial score (nSPS) is 22.0. The molecule has 1 amide bonds. The predicted octanol–water partition coefficient (Wildman–Crippen LogP) is 3.36. The van der Waals surface area contributed by atoms with Crippen molar-refractivity contribution in [3.05, 3.63) is 58.1 Å². The minimum absolute atomic E-state index is 0.0179. The van der Waals surface area contributed by atoms with Crippen molar-refractivity contribution in [2.75, 3.05) is 34.2 Å². The van der Waals surface area contributed by atoms with Gasteiger partial charge in [-0.3, -0.25) is 9.69 Å². The van der Waals surface area contributed by atoms with Gasteiger partial charge >= 0.3 is 0 Å². The van der Waals surface area contributed by atoms with Gasteiger partial charge in [-0.2, -0.15) is 5.26 Å². The lowest BCUT2D eigenvalue weighted by Crippen LogP contribution is -2.48. The summed E-state index contributed by atoms with van der Waals surface area (Å²) in [6, 6.07) is 12.7. The van der Waals surface area contributed by atoms with Crippen LogP contribution in [0.2, 0.25) is 0 Å². The van der Waals surface area contributed by atoms with Crippen LogP contribution in [0.4, 0.5) is 0 Å². The summed E-state index contributed by atoms with van der Waals surface area (Å²) in [5.74, 6) is 1.40. The van der Waals surface area contributed by atoms with E-state index in [1.807, 2.05) is 0 Å². The Bertz CT molecular complexity index is 1130. The number of rotatable bonds is 6. The molecule has 2 aliphatic rings. The number of hydrogen-bond donors (Lipinski definition) is 1. The molecule has 1 fully saturated rings. The van der Waals surface area contributed by atoms with Crippen molar-refractivity contribution in [1.29, 1.82) is 5.26 Å². The Hall–Kier alpha value is -3.35. The Morgan fingerprint density at radius 1 is 1.06 bits per heavy atom. The zero-order valence-corrected chi connectivity index (χ0v) is 19.6. The Kier molecular flexibility index (Phi) is 6.15. The van der Waals surface area contributed by atoms with E-state index in [0.717, 1.165) is 0 Å². The fraction of sp³-hybridized carbons (Fsp3) is 0.333. The number of fused-ring (bicyclic) bond motifs is 1. The first-order valence-corrected chi connectivity index (χ1v) is 11.2. The number of ether oxygens (including phenoxy) is 4. The van der Waals surface area contributed by atoms with Gasteiger partial charge in [-0.1, -0.05) is 12.1 Å². The average Bonchev–Trinajstić information content (AvgIpc) is 3.21. The Morgan fingerprint density at radius 2 is 1.70 bits per heavy atom. The van der Waals surface area contributed by atoms with Gasteiger partial charge in [-0.05, 0) is 29.8 Å². The van der Waals surface area contributed by atoms with Gasteiger partial charge in [0.15, 0.2) is 17.2 Å². The number of carbonyl (C=O) groups is 1. The van der Waals surface area contributed by atoms with Crippen LogP contribution in [0.1, 0.15) is 23.5 Å². The number of benzene rings is 2.